The molecule has 2 N–H and O–H groups in total. The van der Waals surface area contributed by atoms with Gasteiger partial charge in [-0.1, -0.05) is 42.4 Å². The molecule has 0 bridgehead atoms. The zero-order chi connectivity index (χ0) is 19.4. The molecule has 146 valence electrons. The summed E-state index contributed by atoms with van der Waals surface area (Å²) in [5.41, 5.74) is 1.05. The number of aromatic nitrogens is 2. The van der Waals surface area contributed by atoms with Crippen LogP contribution < -0.4 is 10.6 Å². The fraction of sp³-hybridized carbons (Fsp3) is 0.550. The standard InChI is InChI=1S/C20H29N5O2/c1-14(18-23-17(24-27-18)15-8-6-5-7-9-15)12-21-19(26)22-16-10-11-25(13-16)20(2,3)4/h5-9,14,16H,10-13H2,1-4H3,(H2,21,22,26). The minimum atomic E-state index is -0.148. The lowest BCUT2D eigenvalue weighted by Gasteiger charge is -2.31. The molecule has 0 aliphatic carbocycles. The number of hydrogen-bond donors (Lipinski definition) is 2. The van der Waals surface area contributed by atoms with Crippen molar-refractivity contribution in [1.29, 1.82) is 0 Å². The number of rotatable bonds is 5. The van der Waals surface area contributed by atoms with Crippen molar-refractivity contribution in [3.8, 4) is 11.4 Å². The Morgan fingerprint density at radius 1 is 1.33 bits per heavy atom. The Kier molecular flexibility index (Phi) is 5.79. The summed E-state index contributed by atoms with van der Waals surface area (Å²) >= 11 is 0. The lowest BCUT2D eigenvalue weighted by molar-refractivity contribution is 0.170. The third-order valence-electron chi connectivity index (χ3n) is 4.94. The molecule has 1 aliphatic rings. The van der Waals surface area contributed by atoms with Gasteiger partial charge in [0, 0.05) is 36.8 Å². The van der Waals surface area contributed by atoms with E-state index in [1.165, 1.54) is 0 Å². The first kappa shape index (κ1) is 19.4. The minimum absolute atomic E-state index is 0.0598. The van der Waals surface area contributed by atoms with Gasteiger partial charge in [0.05, 0.1) is 5.92 Å². The smallest absolute Gasteiger partial charge is 0.315 e. The molecular weight excluding hydrogens is 342 g/mol. The van der Waals surface area contributed by atoms with Crippen LogP contribution in [0.15, 0.2) is 34.9 Å². The van der Waals surface area contributed by atoms with Gasteiger partial charge in [-0.2, -0.15) is 4.98 Å². The quantitative estimate of drug-likeness (QED) is 0.844. The van der Waals surface area contributed by atoms with Gasteiger partial charge in [0.25, 0.3) is 0 Å². The molecule has 7 heteroatoms. The second-order valence-corrected chi connectivity index (χ2v) is 8.18. The van der Waals surface area contributed by atoms with Crippen LogP contribution in [0.2, 0.25) is 0 Å². The Balaban J connectivity index is 1.46. The molecule has 2 heterocycles. The number of urea groups is 1. The molecule has 1 aromatic heterocycles. The third kappa shape index (κ3) is 5.07. The summed E-state index contributed by atoms with van der Waals surface area (Å²) in [5, 5.41) is 10.0. The molecule has 7 nitrogen and oxygen atoms in total. The van der Waals surface area contributed by atoms with Gasteiger partial charge >= 0.3 is 6.03 Å². The van der Waals surface area contributed by atoms with Crippen LogP contribution in [0.4, 0.5) is 4.79 Å². The van der Waals surface area contributed by atoms with Crippen molar-refractivity contribution in [3.05, 3.63) is 36.2 Å². The Morgan fingerprint density at radius 3 is 2.74 bits per heavy atom. The maximum atomic E-state index is 12.2. The molecule has 1 fully saturated rings. The van der Waals surface area contributed by atoms with Gasteiger partial charge in [0.15, 0.2) is 0 Å². The van der Waals surface area contributed by atoms with E-state index in [4.69, 9.17) is 4.52 Å². The van der Waals surface area contributed by atoms with Gasteiger partial charge in [-0.25, -0.2) is 4.79 Å². The van der Waals surface area contributed by atoms with Crippen molar-refractivity contribution in [2.24, 2.45) is 0 Å². The SMILES string of the molecule is CC(CNC(=O)NC1CCN(C(C)(C)C)C1)c1nc(-c2ccccc2)no1. The van der Waals surface area contributed by atoms with E-state index in [2.05, 4.69) is 46.4 Å². The van der Waals surface area contributed by atoms with Crippen LogP contribution in [0.25, 0.3) is 11.4 Å². The average molecular weight is 371 g/mol. The Bertz CT molecular complexity index is 753. The number of nitrogens with zero attached hydrogens (tertiary/aromatic N) is 3. The first-order valence-electron chi connectivity index (χ1n) is 9.51. The van der Waals surface area contributed by atoms with E-state index in [0.29, 0.717) is 18.3 Å². The summed E-state index contributed by atoms with van der Waals surface area (Å²) in [4.78, 5) is 19.0. The summed E-state index contributed by atoms with van der Waals surface area (Å²) in [5.74, 6) is 1.03. The van der Waals surface area contributed by atoms with Crippen LogP contribution in [-0.4, -0.2) is 52.3 Å². The maximum absolute atomic E-state index is 12.2. The van der Waals surface area contributed by atoms with Gasteiger partial charge in [0.1, 0.15) is 0 Å². The zero-order valence-electron chi connectivity index (χ0n) is 16.5. The van der Waals surface area contributed by atoms with Crippen LogP contribution in [0.5, 0.6) is 0 Å². The van der Waals surface area contributed by atoms with Crippen LogP contribution in [0, 0.1) is 0 Å². The second-order valence-electron chi connectivity index (χ2n) is 8.18. The highest BCUT2D eigenvalue weighted by Gasteiger charge is 2.30. The summed E-state index contributed by atoms with van der Waals surface area (Å²) in [6.07, 6.45) is 0.977. The second kappa shape index (κ2) is 8.08. The van der Waals surface area contributed by atoms with E-state index >= 15 is 0 Å². The predicted octanol–water partition coefficient (Wildman–Crippen LogP) is 3.01. The Morgan fingerprint density at radius 2 is 2.07 bits per heavy atom. The topological polar surface area (TPSA) is 83.3 Å². The van der Waals surface area contributed by atoms with E-state index in [0.717, 1.165) is 25.1 Å². The molecule has 2 aromatic rings. The number of nitrogens with one attached hydrogen (secondary N) is 2. The molecule has 0 radical (unpaired) electrons. The molecule has 2 unspecified atom stereocenters. The minimum Gasteiger partial charge on any atom is -0.339 e. The molecule has 27 heavy (non-hydrogen) atoms. The molecule has 1 saturated heterocycles. The van der Waals surface area contributed by atoms with Crippen LogP contribution in [0.1, 0.15) is 45.9 Å². The number of hydrogen-bond acceptors (Lipinski definition) is 5. The fourth-order valence-electron chi connectivity index (χ4n) is 3.20. The van der Waals surface area contributed by atoms with Crippen molar-refractivity contribution < 1.29 is 9.32 Å². The lowest BCUT2D eigenvalue weighted by atomic mass is 10.1. The largest absolute Gasteiger partial charge is 0.339 e. The van der Waals surface area contributed by atoms with Gasteiger partial charge < -0.3 is 15.2 Å². The number of likely N-dealkylation sites (tertiary alicyclic amines) is 1. The number of amides is 2. The molecule has 0 spiro atoms. The van der Waals surface area contributed by atoms with Gasteiger partial charge in [-0.05, 0) is 27.2 Å². The average Bonchev–Trinajstić information content (AvgIpc) is 3.30. The molecule has 1 aliphatic heterocycles. The first-order chi connectivity index (χ1) is 12.8. The summed E-state index contributed by atoms with van der Waals surface area (Å²) in [6.45, 7) is 10.9. The van der Waals surface area contributed by atoms with E-state index in [1.54, 1.807) is 0 Å². The number of benzene rings is 1. The summed E-state index contributed by atoms with van der Waals surface area (Å²) in [7, 11) is 0. The van der Waals surface area contributed by atoms with Crippen LogP contribution in [-0.2, 0) is 0 Å². The van der Waals surface area contributed by atoms with Gasteiger partial charge in [0.2, 0.25) is 11.7 Å². The highest BCUT2D eigenvalue weighted by atomic mass is 16.5. The van der Waals surface area contributed by atoms with Crippen LogP contribution >= 0.6 is 0 Å². The highest BCUT2D eigenvalue weighted by molar-refractivity contribution is 5.74. The normalized spacial score (nSPS) is 19.0. The molecule has 0 saturated carbocycles. The lowest BCUT2D eigenvalue weighted by Crippen LogP contribution is -2.46. The Hall–Kier alpha value is -2.41. The molecule has 3 rings (SSSR count). The Labute approximate surface area is 160 Å². The summed E-state index contributed by atoms with van der Waals surface area (Å²) in [6, 6.07) is 9.73. The monoisotopic (exact) mass is 371 g/mol. The van der Waals surface area contributed by atoms with Crippen molar-refractivity contribution in [1.82, 2.24) is 25.7 Å². The molecule has 1 aromatic carbocycles. The van der Waals surface area contributed by atoms with Crippen molar-refractivity contribution in [2.45, 2.75) is 51.6 Å². The van der Waals surface area contributed by atoms with Gasteiger partial charge in [-0.15, -0.1) is 0 Å². The zero-order valence-corrected chi connectivity index (χ0v) is 16.5. The first-order valence-corrected chi connectivity index (χ1v) is 9.51. The molecule has 2 amide bonds. The van der Waals surface area contributed by atoms with Crippen molar-refractivity contribution >= 4 is 6.03 Å². The van der Waals surface area contributed by atoms with E-state index in [-0.39, 0.29) is 23.5 Å². The van der Waals surface area contributed by atoms with E-state index in [1.807, 2.05) is 37.3 Å². The highest BCUT2D eigenvalue weighted by Crippen LogP contribution is 2.21. The molecule has 2 atom stereocenters. The summed E-state index contributed by atoms with van der Waals surface area (Å²) < 4.78 is 5.36. The molecular formula is C20H29N5O2. The van der Waals surface area contributed by atoms with E-state index in [9.17, 15) is 4.79 Å². The number of carbonyl (C=O) groups is 1. The predicted molar refractivity (Wildman–Crippen MR) is 104 cm³/mol. The van der Waals surface area contributed by atoms with Crippen molar-refractivity contribution in [3.63, 3.8) is 0 Å². The van der Waals surface area contributed by atoms with Crippen molar-refractivity contribution in [2.75, 3.05) is 19.6 Å². The van der Waals surface area contributed by atoms with E-state index < -0.39 is 0 Å². The fourth-order valence-corrected chi connectivity index (χ4v) is 3.20. The maximum Gasteiger partial charge on any atom is 0.315 e. The third-order valence-corrected chi connectivity index (χ3v) is 4.94. The van der Waals surface area contributed by atoms with Gasteiger partial charge in [-0.3, -0.25) is 4.90 Å². The number of carbonyl (C=O) groups excluding carboxylic acids is 1. The van der Waals surface area contributed by atoms with Crippen LogP contribution in [0.3, 0.4) is 0 Å².